The van der Waals surface area contributed by atoms with E-state index < -0.39 is 0 Å². The van der Waals surface area contributed by atoms with Gasteiger partial charge >= 0.3 is 0 Å². The van der Waals surface area contributed by atoms with Crippen LogP contribution in [-0.4, -0.2) is 22.4 Å². The molecule has 1 aromatic carbocycles. The molecule has 1 aliphatic heterocycles. The highest BCUT2D eigenvalue weighted by Crippen LogP contribution is 2.36. The maximum absolute atomic E-state index is 13.3. The minimum atomic E-state index is 0.0643. The first kappa shape index (κ1) is 16.6. The lowest BCUT2D eigenvalue weighted by atomic mass is 9.89. The molecule has 4 nitrogen and oxygen atoms in total. The van der Waals surface area contributed by atoms with E-state index in [-0.39, 0.29) is 11.8 Å². The van der Waals surface area contributed by atoms with Gasteiger partial charge in [-0.25, -0.2) is 4.98 Å². The van der Waals surface area contributed by atoms with Crippen molar-refractivity contribution in [1.29, 1.82) is 0 Å². The van der Waals surface area contributed by atoms with E-state index in [9.17, 15) is 4.79 Å². The number of aromatic nitrogens is 2. The Kier molecular flexibility index (Phi) is 4.24. The molecule has 5 heteroatoms. The molecule has 0 bridgehead atoms. The number of aryl methyl sites for hydroxylation is 2. The molecular weight excluding hydrogens is 354 g/mol. The lowest BCUT2D eigenvalue weighted by Crippen LogP contribution is -2.41. The van der Waals surface area contributed by atoms with Crippen LogP contribution >= 0.6 is 11.3 Å². The van der Waals surface area contributed by atoms with Gasteiger partial charge in [0.1, 0.15) is 5.01 Å². The lowest BCUT2D eigenvalue weighted by Gasteiger charge is -2.33. The molecule has 3 heterocycles. The topological polar surface area (TPSA) is 46.1 Å². The van der Waals surface area contributed by atoms with E-state index in [1.807, 2.05) is 23.1 Å². The highest BCUT2D eigenvalue weighted by atomic mass is 32.1. The van der Waals surface area contributed by atoms with E-state index in [2.05, 4.69) is 23.2 Å². The third kappa shape index (κ3) is 3.06. The Labute approximate surface area is 162 Å². The van der Waals surface area contributed by atoms with Gasteiger partial charge in [-0.1, -0.05) is 18.2 Å². The van der Waals surface area contributed by atoms with Crippen molar-refractivity contribution in [3.05, 3.63) is 64.9 Å². The first-order valence-electron chi connectivity index (χ1n) is 9.58. The maximum Gasteiger partial charge on any atom is 0.230 e. The van der Waals surface area contributed by atoms with Crippen LogP contribution in [0.4, 0.5) is 5.69 Å². The fourth-order valence-corrected chi connectivity index (χ4v) is 5.38. The second-order valence-electron chi connectivity index (χ2n) is 7.29. The number of pyridine rings is 1. The largest absolute Gasteiger partial charge is 0.312 e. The number of anilines is 1. The van der Waals surface area contributed by atoms with Crippen molar-refractivity contribution < 1.29 is 4.79 Å². The van der Waals surface area contributed by atoms with Gasteiger partial charge in [0.15, 0.2) is 0 Å². The number of hydrogen-bond acceptors (Lipinski definition) is 4. The van der Waals surface area contributed by atoms with Crippen molar-refractivity contribution in [2.45, 2.75) is 32.1 Å². The summed E-state index contributed by atoms with van der Waals surface area (Å²) in [4.78, 5) is 25.5. The van der Waals surface area contributed by atoms with Crippen molar-refractivity contribution in [2.24, 2.45) is 5.92 Å². The van der Waals surface area contributed by atoms with Crippen molar-refractivity contribution in [3.63, 3.8) is 0 Å². The molecule has 136 valence electrons. The van der Waals surface area contributed by atoms with Gasteiger partial charge in [0, 0.05) is 41.0 Å². The Balaban J connectivity index is 1.38. The molecule has 0 saturated heterocycles. The van der Waals surface area contributed by atoms with Crippen LogP contribution in [0.3, 0.4) is 0 Å². The van der Waals surface area contributed by atoms with Crippen LogP contribution < -0.4 is 4.90 Å². The Morgan fingerprint density at radius 1 is 1.11 bits per heavy atom. The van der Waals surface area contributed by atoms with E-state index in [4.69, 9.17) is 4.98 Å². The number of carbonyl (C=O) groups excluding carboxylic acids is 1. The van der Waals surface area contributed by atoms with Gasteiger partial charge in [-0.3, -0.25) is 9.78 Å². The van der Waals surface area contributed by atoms with E-state index in [0.717, 1.165) is 54.9 Å². The first-order valence-corrected chi connectivity index (χ1v) is 10.4. The molecular formula is C22H21N3OS. The summed E-state index contributed by atoms with van der Waals surface area (Å²) in [5.74, 6) is 0.348. The quantitative estimate of drug-likeness (QED) is 0.671. The molecule has 5 rings (SSSR count). The van der Waals surface area contributed by atoms with Crippen LogP contribution in [0.5, 0.6) is 0 Å². The van der Waals surface area contributed by atoms with Gasteiger partial charge < -0.3 is 4.90 Å². The van der Waals surface area contributed by atoms with E-state index in [1.165, 1.54) is 16.1 Å². The predicted octanol–water partition coefficient (Wildman–Crippen LogP) is 4.29. The number of nitrogens with zero attached hydrogens (tertiary/aromatic N) is 3. The van der Waals surface area contributed by atoms with Crippen molar-refractivity contribution in [1.82, 2.24) is 9.97 Å². The Morgan fingerprint density at radius 2 is 1.96 bits per heavy atom. The number of benzene rings is 1. The molecule has 1 unspecified atom stereocenters. The van der Waals surface area contributed by atoms with Gasteiger partial charge in [0.25, 0.3) is 0 Å². The molecule has 0 spiro atoms. The number of thiazole rings is 1. The number of hydrogen-bond donors (Lipinski definition) is 0. The van der Waals surface area contributed by atoms with E-state index in [0.29, 0.717) is 0 Å². The van der Waals surface area contributed by atoms with Crippen molar-refractivity contribution in [3.8, 4) is 10.6 Å². The number of rotatable bonds is 2. The third-order valence-corrected chi connectivity index (χ3v) is 6.76. The molecule has 0 fully saturated rings. The zero-order chi connectivity index (χ0) is 18.2. The molecule has 0 saturated carbocycles. The summed E-state index contributed by atoms with van der Waals surface area (Å²) >= 11 is 1.73. The highest BCUT2D eigenvalue weighted by Gasteiger charge is 2.32. The zero-order valence-electron chi connectivity index (χ0n) is 15.1. The smallest absolute Gasteiger partial charge is 0.230 e. The lowest BCUT2D eigenvalue weighted by molar-refractivity contribution is -0.122. The number of para-hydroxylation sites is 1. The van der Waals surface area contributed by atoms with Gasteiger partial charge in [-0.15, -0.1) is 11.3 Å². The average Bonchev–Trinajstić information content (AvgIpc) is 3.17. The van der Waals surface area contributed by atoms with Crippen LogP contribution in [0.2, 0.25) is 0 Å². The minimum Gasteiger partial charge on any atom is -0.312 e. The summed E-state index contributed by atoms with van der Waals surface area (Å²) in [6.07, 6.45) is 8.32. The van der Waals surface area contributed by atoms with E-state index in [1.54, 1.807) is 23.7 Å². The van der Waals surface area contributed by atoms with Crippen molar-refractivity contribution >= 4 is 22.9 Å². The first-order chi connectivity index (χ1) is 13.3. The molecule has 3 aromatic rings. The molecule has 0 N–H and O–H groups in total. The predicted molar refractivity (Wildman–Crippen MR) is 108 cm³/mol. The summed E-state index contributed by atoms with van der Waals surface area (Å²) in [7, 11) is 0. The highest BCUT2D eigenvalue weighted by molar-refractivity contribution is 7.15. The van der Waals surface area contributed by atoms with Gasteiger partial charge in [0.2, 0.25) is 5.91 Å². The molecule has 2 aromatic heterocycles. The maximum atomic E-state index is 13.3. The van der Waals surface area contributed by atoms with Gasteiger partial charge in [-0.05, 0) is 55.9 Å². The van der Waals surface area contributed by atoms with Gasteiger partial charge in [0.05, 0.1) is 5.69 Å². The number of carbonyl (C=O) groups is 1. The van der Waals surface area contributed by atoms with Crippen LogP contribution in [0, 0.1) is 5.92 Å². The van der Waals surface area contributed by atoms with Gasteiger partial charge in [-0.2, -0.15) is 0 Å². The fraction of sp³-hybridized carbons (Fsp3) is 0.318. The van der Waals surface area contributed by atoms with Crippen LogP contribution in [0.25, 0.3) is 10.6 Å². The Bertz CT molecular complexity index is 982. The monoisotopic (exact) mass is 375 g/mol. The summed E-state index contributed by atoms with van der Waals surface area (Å²) in [6, 6.07) is 12.3. The summed E-state index contributed by atoms with van der Waals surface area (Å²) in [5.41, 5.74) is 4.69. The van der Waals surface area contributed by atoms with Crippen molar-refractivity contribution in [2.75, 3.05) is 11.4 Å². The molecule has 1 atom stereocenters. The summed E-state index contributed by atoms with van der Waals surface area (Å²) in [6.45, 7) is 0.837. The molecule has 27 heavy (non-hydrogen) atoms. The normalized spacial score (nSPS) is 18.7. The Hall–Kier alpha value is -2.53. The number of amides is 1. The molecule has 1 aliphatic carbocycles. The average molecular weight is 375 g/mol. The minimum absolute atomic E-state index is 0.0643. The third-order valence-electron chi connectivity index (χ3n) is 5.59. The van der Waals surface area contributed by atoms with Crippen LogP contribution in [0.15, 0.2) is 48.8 Å². The van der Waals surface area contributed by atoms with E-state index >= 15 is 0 Å². The molecule has 2 aliphatic rings. The number of fused-ring (bicyclic) bond motifs is 2. The summed E-state index contributed by atoms with van der Waals surface area (Å²) in [5, 5.41) is 1.04. The SMILES string of the molecule is O=C(C1CCc2nc(-c3ccncc3)sc2C1)N1CCCc2ccccc21. The van der Waals surface area contributed by atoms with Crippen LogP contribution in [-0.2, 0) is 24.1 Å². The molecule has 1 amide bonds. The fourth-order valence-electron chi connectivity index (χ4n) is 4.19. The summed E-state index contributed by atoms with van der Waals surface area (Å²) < 4.78 is 0. The second-order valence-corrected chi connectivity index (χ2v) is 8.37. The van der Waals surface area contributed by atoms with Crippen LogP contribution in [0.1, 0.15) is 29.0 Å². The second kappa shape index (κ2) is 6.89. The Morgan fingerprint density at radius 3 is 2.85 bits per heavy atom. The molecule has 0 radical (unpaired) electrons. The zero-order valence-corrected chi connectivity index (χ0v) is 15.9. The standard InChI is InChI=1S/C22H21N3OS/c26-22(25-13-3-5-15-4-1-2-6-19(15)25)17-7-8-18-20(14-17)27-21(24-18)16-9-11-23-12-10-16/h1-2,4,6,9-12,17H,3,5,7-8,13-14H2.